The molecule has 0 saturated carbocycles. The summed E-state index contributed by atoms with van der Waals surface area (Å²) in [7, 11) is 0. The van der Waals surface area contributed by atoms with E-state index in [9.17, 15) is 4.79 Å². The molecule has 0 atom stereocenters. The minimum absolute atomic E-state index is 0.196. The van der Waals surface area contributed by atoms with E-state index in [1.54, 1.807) is 12.1 Å². The summed E-state index contributed by atoms with van der Waals surface area (Å²) in [6.07, 6.45) is 1.40. The van der Waals surface area contributed by atoms with Gasteiger partial charge in [0.2, 0.25) is 0 Å². The number of hydrogen-bond donors (Lipinski definition) is 2. The van der Waals surface area contributed by atoms with Crippen LogP contribution in [0.5, 0.6) is 0 Å². The highest BCUT2D eigenvalue weighted by molar-refractivity contribution is 6.30. The largest absolute Gasteiger partial charge is 0.480 e. The molecule has 0 aliphatic rings. The molecule has 0 aromatic heterocycles. The third-order valence-corrected chi connectivity index (χ3v) is 3.49. The van der Waals surface area contributed by atoms with E-state index in [1.807, 2.05) is 36.4 Å². The number of aliphatic hydroxyl groups is 1. The molecule has 0 amide bonds. The van der Waals surface area contributed by atoms with Crippen LogP contribution in [-0.4, -0.2) is 36.0 Å². The molecule has 0 radical (unpaired) electrons. The zero-order valence-corrected chi connectivity index (χ0v) is 14.6. The highest BCUT2D eigenvalue weighted by Crippen LogP contribution is 2.10. The number of carboxylic acids is 1. The lowest BCUT2D eigenvalue weighted by Gasteiger charge is -2.01. The summed E-state index contributed by atoms with van der Waals surface area (Å²) < 4.78 is 4.90. The number of halogens is 2. The number of aliphatic carboxylic acids is 1. The molecule has 2 rings (SSSR count). The van der Waals surface area contributed by atoms with Gasteiger partial charge in [0.05, 0.1) is 6.61 Å². The molecule has 0 heterocycles. The van der Waals surface area contributed by atoms with Gasteiger partial charge in [-0.05, 0) is 48.2 Å². The molecule has 0 fully saturated rings. The summed E-state index contributed by atoms with van der Waals surface area (Å²) >= 11 is 11.4. The number of carboxylic acid groups (broad SMARTS) is 1. The van der Waals surface area contributed by atoms with Gasteiger partial charge in [-0.2, -0.15) is 0 Å². The Morgan fingerprint density at radius 3 is 1.75 bits per heavy atom. The molecule has 6 heteroatoms. The van der Waals surface area contributed by atoms with Gasteiger partial charge in [0.25, 0.3) is 0 Å². The normalized spacial score (nSPS) is 9.96. The van der Waals surface area contributed by atoms with Crippen LogP contribution in [0, 0.1) is 0 Å². The van der Waals surface area contributed by atoms with Gasteiger partial charge in [-0.15, -0.1) is 0 Å². The van der Waals surface area contributed by atoms with Gasteiger partial charge < -0.3 is 14.9 Å². The van der Waals surface area contributed by atoms with Crippen LogP contribution in [0.1, 0.15) is 11.1 Å². The Morgan fingerprint density at radius 2 is 1.33 bits per heavy atom. The summed E-state index contributed by atoms with van der Waals surface area (Å²) in [5, 5.41) is 18.3. The van der Waals surface area contributed by atoms with Crippen molar-refractivity contribution < 1.29 is 19.7 Å². The number of hydrogen-bond acceptors (Lipinski definition) is 3. The van der Waals surface area contributed by atoms with Crippen LogP contribution in [0.4, 0.5) is 0 Å². The fraction of sp³-hybridized carbons (Fsp3) is 0.278. The fourth-order valence-electron chi connectivity index (χ4n) is 1.78. The van der Waals surface area contributed by atoms with E-state index in [1.165, 1.54) is 0 Å². The second-order valence-corrected chi connectivity index (χ2v) is 5.80. The summed E-state index contributed by atoms with van der Waals surface area (Å²) in [5.74, 6) is -0.943. The van der Waals surface area contributed by atoms with E-state index < -0.39 is 5.97 Å². The van der Waals surface area contributed by atoms with Crippen LogP contribution in [-0.2, 0) is 22.4 Å². The summed E-state index contributed by atoms with van der Waals surface area (Å²) in [4.78, 5) is 10.1. The first-order valence-corrected chi connectivity index (χ1v) is 8.16. The molecule has 2 aromatic carbocycles. The predicted molar refractivity (Wildman–Crippen MR) is 95.9 cm³/mol. The average Bonchev–Trinajstić information content (AvgIpc) is 2.56. The van der Waals surface area contributed by atoms with E-state index >= 15 is 0 Å². The quantitative estimate of drug-likeness (QED) is 0.726. The Bertz CT molecular complexity index is 597. The summed E-state index contributed by atoms with van der Waals surface area (Å²) in [6.45, 7) is 0.364. The second-order valence-electron chi connectivity index (χ2n) is 4.92. The smallest absolute Gasteiger partial charge is 0.329 e. The molecule has 2 N–H and O–H groups in total. The van der Waals surface area contributed by atoms with Gasteiger partial charge in [-0.3, -0.25) is 0 Å². The molecule has 0 bridgehead atoms. The van der Waals surface area contributed by atoms with Crippen molar-refractivity contribution in [2.45, 2.75) is 12.8 Å². The van der Waals surface area contributed by atoms with Crippen molar-refractivity contribution >= 4 is 29.2 Å². The SMILES string of the molecule is O=C(O)COCCc1ccc(Cl)cc1.OCCc1ccc(Cl)cc1. The number of rotatable bonds is 7. The maximum Gasteiger partial charge on any atom is 0.329 e. The first-order chi connectivity index (χ1) is 11.5. The number of benzene rings is 2. The van der Waals surface area contributed by atoms with Crippen LogP contribution >= 0.6 is 23.2 Å². The minimum Gasteiger partial charge on any atom is -0.480 e. The number of carbonyl (C=O) groups is 1. The highest BCUT2D eigenvalue weighted by Gasteiger charge is 1.97. The Hall–Kier alpha value is -1.59. The lowest BCUT2D eigenvalue weighted by Crippen LogP contribution is -2.08. The highest BCUT2D eigenvalue weighted by atomic mass is 35.5. The van der Waals surface area contributed by atoms with E-state index in [2.05, 4.69) is 0 Å². The topological polar surface area (TPSA) is 66.8 Å². The van der Waals surface area contributed by atoms with Crippen molar-refractivity contribution in [2.75, 3.05) is 19.8 Å². The molecule has 0 spiro atoms. The van der Waals surface area contributed by atoms with Crippen molar-refractivity contribution in [1.29, 1.82) is 0 Å². The molecule has 0 aliphatic carbocycles. The van der Waals surface area contributed by atoms with Gasteiger partial charge in [0.1, 0.15) is 6.61 Å². The van der Waals surface area contributed by atoms with Crippen LogP contribution in [0.15, 0.2) is 48.5 Å². The second kappa shape index (κ2) is 11.9. The zero-order valence-electron chi connectivity index (χ0n) is 13.1. The molecule has 0 unspecified atom stereocenters. The van der Waals surface area contributed by atoms with Gasteiger partial charge in [0.15, 0.2) is 0 Å². The maximum atomic E-state index is 10.1. The Kier molecular flexibility index (Phi) is 10.1. The third kappa shape index (κ3) is 9.53. The maximum absolute atomic E-state index is 10.1. The van der Waals surface area contributed by atoms with Gasteiger partial charge in [0, 0.05) is 16.7 Å². The van der Waals surface area contributed by atoms with Crippen molar-refractivity contribution in [3.63, 3.8) is 0 Å². The minimum atomic E-state index is -0.943. The first-order valence-electron chi connectivity index (χ1n) is 7.40. The van der Waals surface area contributed by atoms with Crippen LogP contribution < -0.4 is 0 Å². The molecule has 2 aromatic rings. The van der Waals surface area contributed by atoms with E-state index in [4.69, 9.17) is 38.2 Å². The Balaban J connectivity index is 0.000000254. The predicted octanol–water partition coefficient (Wildman–Crippen LogP) is 3.86. The molecule has 4 nitrogen and oxygen atoms in total. The third-order valence-electron chi connectivity index (χ3n) is 2.99. The number of ether oxygens (including phenoxy) is 1. The van der Waals surface area contributed by atoms with E-state index in [0.29, 0.717) is 24.5 Å². The van der Waals surface area contributed by atoms with Crippen molar-refractivity contribution in [2.24, 2.45) is 0 Å². The van der Waals surface area contributed by atoms with E-state index in [0.717, 1.165) is 16.1 Å². The monoisotopic (exact) mass is 370 g/mol. The molecule has 0 saturated heterocycles. The molecular formula is C18H20Cl2O4. The van der Waals surface area contributed by atoms with Crippen molar-refractivity contribution in [3.05, 3.63) is 69.7 Å². The molecular weight excluding hydrogens is 351 g/mol. The van der Waals surface area contributed by atoms with Crippen molar-refractivity contribution in [3.8, 4) is 0 Å². The van der Waals surface area contributed by atoms with Gasteiger partial charge >= 0.3 is 5.97 Å². The Labute approximate surface area is 151 Å². The zero-order chi connectivity index (χ0) is 17.8. The molecule has 130 valence electrons. The summed E-state index contributed by atoms with van der Waals surface area (Å²) in [5.41, 5.74) is 2.20. The lowest BCUT2D eigenvalue weighted by molar-refractivity contribution is -0.142. The lowest BCUT2D eigenvalue weighted by atomic mass is 10.2. The van der Waals surface area contributed by atoms with Crippen LogP contribution in [0.25, 0.3) is 0 Å². The van der Waals surface area contributed by atoms with Crippen molar-refractivity contribution in [1.82, 2.24) is 0 Å². The van der Waals surface area contributed by atoms with Gasteiger partial charge in [-0.25, -0.2) is 4.79 Å². The van der Waals surface area contributed by atoms with Crippen LogP contribution in [0.2, 0.25) is 10.0 Å². The molecule has 24 heavy (non-hydrogen) atoms. The standard InChI is InChI=1S/C10H11ClO3.C8H9ClO/c11-9-3-1-8(2-4-9)5-6-14-7-10(12)13;9-8-3-1-7(2-4-8)5-6-10/h1-4H,5-7H2,(H,12,13);1-4,10H,5-6H2. The Morgan fingerprint density at radius 1 is 0.875 bits per heavy atom. The van der Waals surface area contributed by atoms with Crippen LogP contribution in [0.3, 0.4) is 0 Å². The average molecular weight is 371 g/mol. The summed E-state index contributed by atoms with van der Waals surface area (Å²) in [6, 6.07) is 14.9. The number of aliphatic hydroxyl groups excluding tert-OH is 1. The molecule has 0 aliphatic heterocycles. The first kappa shape index (κ1) is 20.5. The van der Waals surface area contributed by atoms with Gasteiger partial charge in [-0.1, -0.05) is 47.5 Å². The fourth-order valence-corrected chi connectivity index (χ4v) is 2.03. The van der Waals surface area contributed by atoms with E-state index in [-0.39, 0.29) is 13.2 Å².